The number of Topliss-reactive ketones (excluding diaryl/α,β-unsaturated/α-hetero) is 1. The average Bonchev–Trinajstić information content (AvgIpc) is 3.32. The van der Waals surface area contributed by atoms with Gasteiger partial charge >= 0.3 is 11.7 Å². The lowest BCUT2D eigenvalue weighted by atomic mass is 9.56. The van der Waals surface area contributed by atoms with Gasteiger partial charge in [-0.2, -0.15) is 0 Å². The summed E-state index contributed by atoms with van der Waals surface area (Å²) in [6, 6.07) is -0.612. The van der Waals surface area contributed by atoms with Gasteiger partial charge in [-0.15, -0.1) is 0 Å². The quantitative estimate of drug-likeness (QED) is 0.320. The monoisotopic (exact) mass is 516 g/mol. The number of unbranched alkanes of at least 4 members (excludes halogenated alkanes) is 1. The van der Waals surface area contributed by atoms with E-state index in [-0.39, 0.29) is 54.6 Å². The Bertz CT molecular complexity index is 1230. The zero-order valence-corrected chi connectivity index (χ0v) is 21.3. The van der Waals surface area contributed by atoms with Gasteiger partial charge in [-0.3, -0.25) is 24.1 Å². The number of aromatic hydroxyl groups is 1. The van der Waals surface area contributed by atoms with E-state index >= 15 is 0 Å². The summed E-state index contributed by atoms with van der Waals surface area (Å²) in [7, 11) is 0. The first kappa shape index (κ1) is 25.5. The summed E-state index contributed by atoms with van der Waals surface area (Å²) >= 11 is 0. The fraction of sp³-hybridized carbons (Fsp3) is 0.720. The number of amides is 2. The van der Waals surface area contributed by atoms with Gasteiger partial charge in [0.05, 0.1) is 13.2 Å². The number of ether oxygens (including phenoxy) is 1. The highest BCUT2D eigenvalue weighted by molar-refractivity contribution is 5.99. The largest absolute Gasteiger partial charge is 0.494 e. The number of nitrogens with zero attached hydrogens (tertiary/aromatic N) is 3. The fourth-order valence-electron chi connectivity index (χ4n) is 6.95. The van der Waals surface area contributed by atoms with E-state index in [4.69, 9.17) is 15.9 Å². The number of nitrogen functional groups attached to an aromatic ring is 1. The lowest BCUT2D eigenvalue weighted by molar-refractivity contribution is -0.137. The van der Waals surface area contributed by atoms with E-state index in [9.17, 15) is 24.3 Å². The number of rotatable bonds is 6. The second-order valence-corrected chi connectivity index (χ2v) is 11.2. The summed E-state index contributed by atoms with van der Waals surface area (Å²) in [5.74, 6) is -1.10. The number of hydrogen-bond donors (Lipinski definition) is 4. The predicted molar refractivity (Wildman–Crippen MR) is 134 cm³/mol. The molecule has 0 unspecified atom stereocenters. The Morgan fingerprint density at radius 1 is 1.16 bits per heavy atom. The normalized spacial score (nSPS) is 31.5. The molecule has 3 heterocycles. The fourth-order valence-corrected chi connectivity index (χ4v) is 6.95. The number of nitrogens with one attached hydrogen (secondary N) is 2. The third kappa shape index (κ3) is 3.96. The summed E-state index contributed by atoms with van der Waals surface area (Å²) in [5.41, 5.74) is 3.13. The lowest BCUT2D eigenvalue weighted by Gasteiger charge is -2.58. The van der Waals surface area contributed by atoms with Crippen molar-refractivity contribution in [3.63, 3.8) is 0 Å². The molecule has 2 saturated heterocycles. The van der Waals surface area contributed by atoms with Gasteiger partial charge in [-0.1, -0.05) is 13.3 Å². The highest BCUT2D eigenvalue weighted by Crippen LogP contribution is 2.56. The molecule has 202 valence electrons. The third-order valence-corrected chi connectivity index (χ3v) is 9.04. The molecule has 4 aliphatic rings. The van der Waals surface area contributed by atoms with Gasteiger partial charge in [0.2, 0.25) is 5.88 Å². The Morgan fingerprint density at radius 2 is 1.86 bits per heavy atom. The van der Waals surface area contributed by atoms with Crippen LogP contribution >= 0.6 is 0 Å². The Hall–Kier alpha value is -3.15. The first-order valence-corrected chi connectivity index (χ1v) is 13.2. The molecule has 0 radical (unpaired) electrons. The van der Waals surface area contributed by atoms with E-state index in [2.05, 4.69) is 5.32 Å². The van der Waals surface area contributed by atoms with Crippen molar-refractivity contribution in [1.29, 1.82) is 5.41 Å². The van der Waals surface area contributed by atoms with Gasteiger partial charge in [-0.05, 0) is 50.4 Å². The average molecular weight is 517 g/mol. The van der Waals surface area contributed by atoms with Crippen molar-refractivity contribution >= 4 is 17.6 Å². The molecule has 5 rings (SSSR count). The smallest absolute Gasteiger partial charge is 0.334 e. The van der Waals surface area contributed by atoms with Crippen molar-refractivity contribution in [2.75, 3.05) is 19.8 Å². The SMILES string of the molecule is CCCCn1c(O)c(C(=N)N)c(=O)n(C2CCC3(CC2)CC(N2C(=O)NCC(=O)[C@]24CCOC4)C3)c1=O. The van der Waals surface area contributed by atoms with Crippen LogP contribution in [0.5, 0.6) is 5.88 Å². The zero-order chi connectivity index (χ0) is 26.5. The molecule has 2 saturated carbocycles. The molecule has 1 atom stereocenters. The number of carbonyl (C=O) groups is 2. The van der Waals surface area contributed by atoms with Crippen molar-refractivity contribution in [1.82, 2.24) is 19.4 Å². The molecular formula is C25H36N6O6. The Kier molecular flexibility index (Phi) is 6.41. The van der Waals surface area contributed by atoms with Crippen LogP contribution in [-0.4, -0.2) is 68.1 Å². The van der Waals surface area contributed by atoms with Crippen LogP contribution in [0.2, 0.25) is 0 Å². The standard InChI is InChI=1S/C25H36N6O6/c1-2-3-9-29-20(33)18(19(26)27)21(34)30(23(29)36)15-4-6-24(7-5-15)11-16(12-24)31-22(35)28-13-17(32)25(31)8-10-37-14-25/h15-16,33H,2-14H2,1H3,(H3,26,27)(H,28,35)/t15?,16?,24?,25-/m1/s1. The molecule has 2 aliphatic heterocycles. The minimum atomic E-state index is -0.863. The maximum absolute atomic E-state index is 13.3. The topological polar surface area (TPSA) is 173 Å². The predicted octanol–water partition coefficient (Wildman–Crippen LogP) is 0.817. The molecule has 37 heavy (non-hydrogen) atoms. The first-order chi connectivity index (χ1) is 17.6. The van der Waals surface area contributed by atoms with E-state index in [1.54, 1.807) is 4.90 Å². The lowest BCUT2D eigenvalue weighted by Crippen LogP contribution is -2.72. The number of nitrogens with two attached hydrogens (primary N) is 1. The van der Waals surface area contributed by atoms with E-state index in [0.29, 0.717) is 32.3 Å². The van der Waals surface area contributed by atoms with Crippen LogP contribution in [0.15, 0.2) is 9.59 Å². The number of ketones is 1. The van der Waals surface area contributed by atoms with Gasteiger partial charge in [0.15, 0.2) is 5.78 Å². The summed E-state index contributed by atoms with van der Waals surface area (Å²) in [6.07, 6.45) is 6.24. The number of carbonyl (C=O) groups excluding carboxylic acids is 2. The van der Waals surface area contributed by atoms with Gasteiger partial charge < -0.3 is 25.8 Å². The number of hydrogen-bond acceptors (Lipinski definition) is 7. The maximum Gasteiger partial charge on any atom is 0.334 e. The molecule has 2 amide bonds. The second-order valence-electron chi connectivity index (χ2n) is 11.2. The van der Waals surface area contributed by atoms with Crippen LogP contribution in [-0.2, 0) is 16.1 Å². The minimum absolute atomic E-state index is 0.00147. The molecule has 1 aromatic rings. The summed E-state index contributed by atoms with van der Waals surface area (Å²) in [4.78, 5) is 53.8. The van der Waals surface area contributed by atoms with Crippen LogP contribution in [0.3, 0.4) is 0 Å². The van der Waals surface area contributed by atoms with Gasteiger partial charge in [-0.25, -0.2) is 9.59 Å². The second kappa shape index (κ2) is 9.30. The Labute approximate surface area is 214 Å². The van der Waals surface area contributed by atoms with Crippen LogP contribution < -0.4 is 22.3 Å². The van der Waals surface area contributed by atoms with Crippen LogP contribution in [0.25, 0.3) is 0 Å². The Balaban J connectivity index is 1.34. The van der Waals surface area contributed by atoms with E-state index in [0.717, 1.165) is 36.7 Å². The number of amidine groups is 1. The van der Waals surface area contributed by atoms with Crippen LogP contribution in [0, 0.1) is 10.8 Å². The molecule has 4 fully saturated rings. The minimum Gasteiger partial charge on any atom is -0.494 e. The summed E-state index contributed by atoms with van der Waals surface area (Å²) in [5, 5.41) is 21.1. The van der Waals surface area contributed by atoms with Crippen molar-refractivity contribution < 1.29 is 19.4 Å². The third-order valence-electron chi connectivity index (χ3n) is 9.04. The summed E-state index contributed by atoms with van der Waals surface area (Å²) in [6.45, 7) is 2.95. The van der Waals surface area contributed by atoms with Crippen molar-refractivity contribution in [3.8, 4) is 5.88 Å². The molecule has 2 aliphatic carbocycles. The van der Waals surface area contributed by atoms with E-state index in [1.807, 2.05) is 6.92 Å². The molecule has 0 aromatic carbocycles. The highest BCUT2D eigenvalue weighted by atomic mass is 16.5. The van der Waals surface area contributed by atoms with Gasteiger partial charge in [0, 0.05) is 31.7 Å². The van der Waals surface area contributed by atoms with Crippen LogP contribution in [0.1, 0.15) is 76.3 Å². The van der Waals surface area contributed by atoms with Crippen LogP contribution in [0.4, 0.5) is 4.79 Å². The first-order valence-electron chi connectivity index (χ1n) is 13.2. The highest BCUT2D eigenvalue weighted by Gasteiger charge is 2.59. The molecule has 12 nitrogen and oxygen atoms in total. The zero-order valence-electron chi connectivity index (χ0n) is 21.3. The Morgan fingerprint density at radius 3 is 2.46 bits per heavy atom. The van der Waals surface area contributed by atoms with Gasteiger partial charge in [0.25, 0.3) is 5.56 Å². The van der Waals surface area contributed by atoms with Crippen molar-refractivity contribution in [3.05, 3.63) is 26.4 Å². The molecule has 12 heteroatoms. The molecule has 2 spiro atoms. The molecular weight excluding hydrogens is 480 g/mol. The van der Waals surface area contributed by atoms with Crippen molar-refractivity contribution in [2.45, 2.75) is 88.9 Å². The van der Waals surface area contributed by atoms with Crippen molar-refractivity contribution in [2.24, 2.45) is 11.1 Å². The maximum atomic E-state index is 13.3. The van der Waals surface area contributed by atoms with Gasteiger partial charge in [0.1, 0.15) is 16.9 Å². The summed E-state index contributed by atoms with van der Waals surface area (Å²) < 4.78 is 7.88. The number of aromatic nitrogens is 2. The molecule has 0 bridgehead atoms. The van der Waals surface area contributed by atoms with E-state index < -0.39 is 28.5 Å². The molecule has 5 N–H and O–H groups in total. The molecule has 1 aromatic heterocycles. The van der Waals surface area contributed by atoms with E-state index in [1.165, 1.54) is 4.57 Å². The number of urea groups is 1.